The number of carbonyl (C=O) groups is 2. The Bertz CT molecular complexity index is 946. The van der Waals surface area contributed by atoms with E-state index in [0.29, 0.717) is 17.8 Å². The SMILES string of the molecule is CC(C)(C)OC(=O)Nc1ccccc1C(=O)NCC12CC(CN1Cc1ccccc1)C2. The van der Waals surface area contributed by atoms with E-state index in [0.717, 1.165) is 31.8 Å². The van der Waals surface area contributed by atoms with Crippen molar-refractivity contribution in [2.24, 2.45) is 5.92 Å². The van der Waals surface area contributed by atoms with Crippen LogP contribution in [-0.2, 0) is 11.3 Å². The Hall–Kier alpha value is -2.86. The van der Waals surface area contributed by atoms with Crippen LogP contribution in [0.15, 0.2) is 54.6 Å². The highest BCUT2D eigenvalue weighted by molar-refractivity contribution is 6.02. The second-order valence-electron chi connectivity index (χ2n) is 9.72. The molecule has 0 spiro atoms. The number of hydrogen-bond donors (Lipinski definition) is 2. The van der Waals surface area contributed by atoms with E-state index in [-0.39, 0.29) is 11.4 Å². The molecule has 31 heavy (non-hydrogen) atoms. The molecule has 0 radical (unpaired) electrons. The maximum atomic E-state index is 13.0. The van der Waals surface area contributed by atoms with E-state index < -0.39 is 11.7 Å². The van der Waals surface area contributed by atoms with Crippen LogP contribution in [0, 0.1) is 5.92 Å². The molecule has 2 N–H and O–H groups in total. The summed E-state index contributed by atoms with van der Waals surface area (Å²) in [5.41, 5.74) is 1.61. The Morgan fingerprint density at radius 3 is 2.45 bits per heavy atom. The lowest BCUT2D eigenvalue weighted by atomic mass is 9.73. The molecule has 2 saturated heterocycles. The van der Waals surface area contributed by atoms with E-state index in [2.05, 4.69) is 39.8 Å². The Morgan fingerprint density at radius 2 is 1.74 bits per heavy atom. The summed E-state index contributed by atoms with van der Waals surface area (Å²) in [5, 5.41) is 5.83. The molecule has 1 saturated carbocycles. The van der Waals surface area contributed by atoms with E-state index in [1.807, 2.05) is 6.07 Å². The molecule has 5 rings (SSSR count). The molecule has 2 aromatic rings. The molecule has 2 bridgehead atoms. The predicted molar refractivity (Wildman–Crippen MR) is 121 cm³/mol. The van der Waals surface area contributed by atoms with Crippen LogP contribution in [-0.4, -0.2) is 41.1 Å². The molecule has 2 amide bonds. The van der Waals surface area contributed by atoms with Crippen LogP contribution in [0.5, 0.6) is 0 Å². The average Bonchev–Trinajstić information content (AvgIpc) is 3.19. The Labute approximate surface area is 184 Å². The van der Waals surface area contributed by atoms with Gasteiger partial charge in [0.25, 0.3) is 5.91 Å². The molecule has 0 unspecified atom stereocenters. The van der Waals surface area contributed by atoms with Crippen LogP contribution in [0.1, 0.15) is 49.5 Å². The number of fused-ring (bicyclic) bond motifs is 1. The lowest BCUT2D eigenvalue weighted by Gasteiger charge is -2.42. The quantitative estimate of drug-likeness (QED) is 0.724. The van der Waals surface area contributed by atoms with Crippen LogP contribution >= 0.6 is 0 Å². The van der Waals surface area contributed by atoms with Crippen molar-refractivity contribution in [3.05, 3.63) is 65.7 Å². The van der Waals surface area contributed by atoms with Crippen LogP contribution in [0.25, 0.3) is 0 Å². The molecule has 1 aliphatic carbocycles. The predicted octanol–water partition coefficient (Wildman–Crippen LogP) is 4.43. The molecule has 164 valence electrons. The fraction of sp³-hybridized carbons (Fsp3) is 0.440. The number of anilines is 1. The van der Waals surface area contributed by atoms with Gasteiger partial charge < -0.3 is 10.1 Å². The van der Waals surface area contributed by atoms with Crippen molar-refractivity contribution in [3.63, 3.8) is 0 Å². The normalized spacial score (nSPS) is 22.5. The lowest BCUT2D eigenvalue weighted by molar-refractivity contribution is 0.0636. The topological polar surface area (TPSA) is 70.7 Å². The minimum atomic E-state index is -0.605. The lowest BCUT2D eigenvalue weighted by Crippen LogP contribution is -2.53. The highest BCUT2D eigenvalue weighted by Crippen LogP contribution is 2.50. The second-order valence-corrected chi connectivity index (χ2v) is 9.72. The van der Waals surface area contributed by atoms with Gasteiger partial charge in [0.1, 0.15) is 5.60 Å². The number of para-hydroxylation sites is 1. The third-order valence-electron chi connectivity index (χ3n) is 6.09. The summed E-state index contributed by atoms with van der Waals surface area (Å²) in [6.07, 6.45) is 1.67. The van der Waals surface area contributed by atoms with Gasteiger partial charge in [-0.15, -0.1) is 0 Å². The van der Waals surface area contributed by atoms with Crippen LogP contribution in [0.4, 0.5) is 10.5 Å². The Morgan fingerprint density at radius 1 is 1.06 bits per heavy atom. The van der Waals surface area contributed by atoms with E-state index in [1.165, 1.54) is 5.56 Å². The van der Waals surface area contributed by atoms with Gasteiger partial charge in [0.05, 0.1) is 11.3 Å². The fourth-order valence-corrected chi connectivity index (χ4v) is 4.74. The summed E-state index contributed by atoms with van der Waals surface area (Å²) in [4.78, 5) is 27.7. The van der Waals surface area contributed by atoms with Gasteiger partial charge in [-0.3, -0.25) is 15.0 Å². The molecule has 3 fully saturated rings. The number of nitrogens with one attached hydrogen (secondary N) is 2. The number of ether oxygens (including phenoxy) is 1. The maximum absolute atomic E-state index is 13.0. The standard InChI is InChI=1S/C25H31N3O3/c1-24(2,3)31-23(30)27-21-12-8-7-11-20(21)22(29)26-17-25-13-19(14-25)16-28(25)15-18-9-5-4-6-10-18/h4-12,19H,13-17H2,1-3H3,(H,26,29)(H,27,30). The second kappa shape index (κ2) is 8.35. The molecule has 3 aliphatic rings. The van der Waals surface area contributed by atoms with Crippen molar-refractivity contribution < 1.29 is 14.3 Å². The van der Waals surface area contributed by atoms with Gasteiger partial charge in [-0.25, -0.2) is 4.79 Å². The first-order chi connectivity index (χ1) is 14.7. The van der Waals surface area contributed by atoms with Crippen LogP contribution in [0.2, 0.25) is 0 Å². The summed E-state index contributed by atoms with van der Waals surface area (Å²) in [6.45, 7) is 8.01. The molecule has 2 heterocycles. The van der Waals surface area contributed by atoms with Crippen LogP contribution < -0.4 is 10.6 Å². The number of hydrogen-bond acceptors (Lipinski definition) is 4. The number of amides is 2. The molecule has 0 atom stereocenters. The van der Waals surface area contributed by atoms with Gasteiger partial charge in [0.2, 0.25) is 0 Å². The third-order valence-corrected chi connectivity index (χ3v) is 6.09. The minimum absolute atomic E-state index is 0.0315. The van der Waals surface area contributed by atoms with E-state index in [4.69, 9.17) is 4.74 Å². The summed E-state index contributed by atoms with van der Waals surface area (Å²) in [5.74, 6) is 0.540. The van der Waals surface area contributed by atoms with Gasteiger partial charge >= 0.3 is 6.09 Å². The first-order valence-electron chi connectivity index (χ1n) is 10.9. The van der Waals surface area contributed by atoms with Crippen molar-refractivity contribution in [3.8, 4) is 0 Å². The van der Waals surface area contributed by atoms with Crippen molar-refractivity contribution in [2.75, 3.05) is 18.4 Å². The Balaban J connectivity index is 1.39. The maximum Gasteiger partial charge on any atom is 0.412 e. The van der Waals surface area contributed by atoms with Crippen molar-refractivity contribution >= 4 is 17.7 Å². The summed E-state index contributed by atoms with van der Waals surface area (Å²) < 4.78 is 5.32. The van der Waals surface area contributed by atoms with E-state index >= 15 is 0 Å². The number of nitrogens with zero attached hydrogens (tertiary/aromatic N) is 1. The molecule has 2 aromatic carbocycles. The molecule has 2 aliphatic heterocycles. The van der Waals surface area contributed by atoms with Crippen molar-refractivity contribution in [2.45, 2.75) is 51.3 Å². The average molecular weight is 422 g/mol. The number of carbonyl (C=O) groups excluding carboxylic acids is 2. The zero-order valence-electron chi connectivity index (χ0n) is 18.5. The monoisotopic (exact) mass is 421 g/mol. The number of benzene rings is 2. The summed E-state index contributed by atoms with van der Waals surface area (Å²) in [7, 11) is 0. The van der Waals surface area contributed by atoms with Gasteiger partial charge in [-0.1, -0.05) is 42.5 Å². The highest BCUT2D eigenvalue weighted by Gasteiger charge is 2.55. The van der Waals surface area contributed by atoms with Crippen LogP contribution in [0.3, 0.4) is 0 Å². The van der Waals surface area contributed by atoms with Gasteiger partial charge in [-0.05, 0) is 57.2 Å². The zero-order chi connectivity index (χ0) is 22.1. The molecule has 6 nitrogen and oxygen atoms in total. The first kappa shape index (κ1) is 21.4. The van der Waals surface area contributed by atoms with Gasteiger partial charge in [0, 0.05) is 25.2 Å². The molecular formula is C25H31N3O3. The smallest absolute Gasteiger partial charge is 0.412 e. The fourth-order valence-electron chi connectivity index (χ4n) is 4.74. The zero-order valence-corrected chi connectivity index (χ0v) is 18.5. The Kier molecular flexibility index (Phi) is 5.75. The van der Waals surface area contributed by atoms with Gasteiger partial charge in [-0.2, -0.15) is 0 Å². The largest absolute Gasteiger partial charge is 0.444 e. The first-order valence-corrected chi connectivity index (χ1v) is 10.9. The van der Waals surface area contributed by atoms with Gasteiger partial charge in [0.15, 0.2) is 0 Å². The van der Waals surface area contributed by atoms with Crippen molar-refractivity contribution in [1.29, 1.82) is 0 Å². The van der Waals surface area contributed by atoms with Crippen molar-refractivity contribution in [1.82, 2.24) is 10.2 Å². The third kappa shape index (κ3) is 4.90. The van der Waals surface area contributed by atoms with E-state index in [1.54, 1.807) is 45.0 Å². The number of rotatable bonds is 6. The molecule has 0 aromatic heterocycles. The minimum Gasteiger partial charge on any atom is -0.444 e. The summed E-state index contributed by atoms with van der Waals surface area (Å²) in [6, 6.07) is 17.5. The molecular weight excluding hydrogens is 390 g/mol. The van der Waals surface area contributed by atoms with E-state index in [9.17, 15) is 9.59 Å². The molecule has 6 heteroatoms. The highest BCUT2D eigenvalue weighted by atomic mass is 16.6. The summed E-state index contributed by atoms with van der Waals surface area (Å²) >= 11 is 0.